The van der Waals surface area contributed by atoms with Gasteiger partial charge in [-0.2, -0.15) is 0 Å². The molecule has 0 atom stereocenters. The van der Waals surface area contributed by atoms with Crippen LogP contribution in [-0.2, 0) is 0 Å². The van der Waals surface area contributed by atoms with E-state index < -0.39 is 9.05 Å². The molecule has 0 aromatic rings. The minimum absolute atomic E-state index is 0. The van der Waals surface area contributed by atoms with Gasteiger partial charge in [0.15, 0.2) is 0 Å². The van der Waals surface area contributed by atoms with Gasteiger partial charge in [0.25, 0.3) is 0 Å². The van der Waals surface area contributed by atoms with Crippen LogP contribution in [0.25, 0.3) is 0 Å². The van der Waals surface area contributed by atoms with Gasteiger partial charge < -0.3 is 28.2 Å². The van der Waals surface area contributed by atoms with Crippen LogP contribution in [0, 0.1) is 71.1 Å². The summed E-state index contributed by atoms with van der Waals surface area (Å²) in [5.74, 6) is 0. The van der Waals surface area contributed by atoms with Gasteiger partial charge in [0.05, 0.1) is 0 Å². The van der Waals surface area contributed by atoms with Crippen LogP contribution in [0.1, 0.15) is 0 Å². The van der Waals surface area contributed by atoms with Crippen LogP contribution in [0.4, 0.5) is 0 Å². The van der Waals surface area contributed by atoms with Gasteiger partial charge >= 0.3 is 39.9 Å². The Morgan fingerprint density at radius 1 is 0.857 bits per heavy atom. The molecule has 4 nitrogen and oxygen atoms in total. The molecule has 0 aliphatic rings. The summed E-state index contributed by atoms with van der Waals surface area (Å²) in [5, 5.41) is 0. The Morgan fingerprint density at radius 2 is 0.857 bits per heavy atom. The summed E-state index contributed by atoms with van der Waals surface area (Å²) in [6.45, 7) is 0. The average molecular weight is 562 g/mol. The molecule has 36 valence electrons. The second kappa shape index (κ2) is 6.55. The zero-order chi connectivity index (χ0) is 4.50. The van der Waals surface area contributed by atoms with Crippen molar-refractivity contribution in [2.24, 2.45) is 0 Å². The van der Waals surface area contributed by atoms with Crippen LogP contribution >= 0.6 is 0 Å². The van der Waals surface area contributed by atoms with E-state index in [4.69, 9.17) is 19.2 Å². The predicted octanol–water partition coefficient (Wildman–Crippen LogP) is -5.14. The Balaban J connectivity index is -0.0000000800. The average Bonchev–Trinajstić information content (AvgIpc) is 0.722. The molecule has 7 heteroatoms. The molecule has 0 N–H and O–H groups in total. The minimum Gasteiger partial charge on any atom is -0.894 e. The van der Waals surface area contributed by atoms with E-state index >= 15 is 0 Å². The fourth-order valence-electron chi connectivity index (χ4n) is 0. The Kier molecular flexibility index (Phi) is 15.2. The third-order valence-electron chi connectivity index (χ3n) is 0. The largest absolute Gasteiger partial charge is 4.00 e. The van der Waals surface area contributed by atoms with Crippen molar-refractivity contribution in [3.05, 3.63) is 0 Å². The van der Waals surface area contributed by atoms with Crippen molar-refractivity contribution in [3.63, 3.8) is 0 Å². The van der Waals surface area contributed by atoms with Crippen molar-refractivity contribution in [3.8, 4) is 0 Å². The summed E-state index contributed by atoms with van der Waals surface area (Å²) in [7, 11) is -5.61. The van der Waals surface area contributed by atoms with Gasteiger partial charge in [-0.1, -0.05) is 0 Å². The van der Waals surface area contributed by atoms with Crippen molar-refractivity contribution >= 4 is 9.05 Å². The van der Waals surface area contributed by atoms with Crippen molar-refractivity contribution in [1.29, 1.82) is 0 Å². The molecule has 0 fully saturated rings. The van der Waals surface area contributed by atoms with Crippen molar-refractivity contribution in [2.45, 2.75) is 0 Å². The summed E-state index contributed by atoms with van der Waals surface area (Å²) in [6.07, 6.45) is 0. The van der Waals surface area contributed by atoms with E-state index in [0.717, 1.165) is 0 Å². The molecule has 0 aromatic heterocycles. The first-order valence-electron chi connectivity index (χ1n) is 0.816. The van der Waals surface area contributed by atoms with Crippen molar-refractivity contribution < 1.29 is 90.2 Å². The molecule has 7 heavy (non-hydrogen) atoms. The van der Waals surface area contributed by atoms with Crippen LogP contribution in [-0.4, -0.2) is 9.05 Å². The summed E-state index contributed by atoms with van der Waals surface area (Å²) < 4.78 is 0. The molecule has 0 aliphatic heterocycles. The molecule has 0 aromatic carbocycles. The molecular formula is O4SiThU. The zero-order valence-electron chi connectivity index (χ0n) is 3.13. The Hall–Kier alpha value is 2.43. The number of rotatable bonds is 0. The first-order chi connectivity index (χ1) is 2.00. The van der Waals surface area contributed by atoms with Crippen molar-refractivity contribution in [1.82, 2.24) is 0 Å². The minimum atomic E-state index is -5.61. The van der Waals surface area contributed by atoms with Gasteiger partial charge in [-0.05, 0) is 0 Å². The van der Waals surface area contributed by atoms with E-state index in [2.05, 4.69) is 0 Å². The second-order valence-corrected chi connectivity index (χ2v) is 1.50. The first kappa shape index (κ1) is 16.2. The summed E-state index contributed by atoms with van der Waals surface area (Å²) in [4.78, 5) is 34.3. The second-order valence-electron chi connectivity index (χ2n) is 0.500. The van der Waals surface area contributed by atoms with Crippen LogP contribution < -0.4 is 19.2 Å². The molecule has 0 unspecified atom stereocenters. The molecule has 0 radical (unpaired) electrons. The molecule has 0 spiro atoms. The van der Waals surface area contributed by atoms with E-state index in [9.17, 15) is 0 Å². The fourth-order valence-corrected chi connectivity index (χ4v) is 0. The normalized spacial score (nSPS) is 8.57. The van der Waals surface area contributed by atoms with E-state index in [0.29, 0.717) is 0 Å². The quantitative estimate of drug-likeness (QED) is 0.277. The third-order valence-corrected chi connectivity index (χ3v) is 0. The molecule has 0 rings (SSSR count). The molecule has 0 bridgehead atoms. The third kappa shape index (κ3) is 58.9. The van der Waals surface area contributed by atoms with Gasteiger partial charge in [-0.15, -0.1) is 0 Å². The Morgan fingerprint density at radius 3 is 0.857 bits per heavy atom. The van der Waals surface area contributed by atoms with Gasteiger partial charge in [-0.3, -0.25) is 0 Å². The van der Waals surface area contributed by atoms with E-state index in [1.807, 2.05) is 0 Å². The summed E-state index contributed by atoms with van der Waals surface area (Å²) in [5.41, 5.74) is 0. The molecule has 0 aliphatic carbocycles. The number of hydrogen-bond acceptors (Lipinski definition) is 4. The van der Waals surface area contributed by atoms with E-state index in [1.165, 1.54) is 0 Å². The van der Waals surface area contributed by atoms with Gasteiger partial charge in [0.2, 0.25) is 0 Å². The van der Waals surface area contributed by atoms with Crippen LogP contribution in [0.2, 0.25) is 0 Å². The van der Waals surface area contributed by atoms with E-state index in [1.54, 1.807) is 0 Å². The van der Waals surface area contributed by atoms with Crippen LogP contribution in [0.5, 0.6) is 0 Å². The smallest absolute Gasteiger partial charge is 0.894 e. The summed E-state index contributed by atoms with van der Waals surface area (Å²) in [6, 6.07) is 0. The topological polar surface area (TPSA) is 92.2 Å². The van der Waals surface area contributed by atoms with Crippen LogP contribution in [0.3, 0.4) is 0 Å². The summed E-state index contributed by atoms with van der Waals surface area (Å²) >= 11 is 0. The molecular weight excluding hydrogens is 562 g/mol. The fraction of sp³-hybridized carbons (Fsp3) is 0. The van der Waals surface area contributed by atoms with Gasteiger partial charge in [-0.25, -0.2) is 0 Å². The maximum Gasteiger partial charge on any atom is 4.00 e. The molecule has 0 amide bonds. The first-order valence-corrected chi connectivity index (χ1v) is 2.45. The zero-order valence-corrected chi connectivity index (χ0v) is 12.4. The monoisotopic (exact) mass is 562 g/mol. The van der Waals surface area contributed by atoms with Crippen molar-refractivity contribution in [2.75, 3.05) is 0 Å². The molecule has 0 saturated heterocycles. The maximum atomic E-state index is 8.58. The predicted molar refractivity (Wildman–Crippen MR) is 5.75 cm³/mol. The Labute approximate surface area is 97.5 Å². The standard InChI is InChI=1S/O4Si.Th.U/c1-5(2,3)4;;/q-4;+4;. The van der Waals surface area contributed by atoms with Crippen LogP contribution in [0.15, 0.2) is 0 Å². The number of hydrogen-bond donors (Lipinski definition) is 0. The molecule has 0 heterocycles. The van der Waals surface area contributed by atoms with Gasteiger partial charge in [0.1, 0.15) is 0 Å². The Bertz CT molecular complexity index is 27.2. The van der Waals surface area contributed by atoms with Gasteiger partial charge in [0, 0.05) is 31.1 Å². The van der Waals surface area contributed by atoms with E-state index in [-0.39, 0.29) is 71.1 Å². The maximum absolute atomic E-state index is 8.58. The SMILES string of the molecule is [O-][Si]([O-])([O-])[O-].[Th+4].[U]. The molecule has 0 saturated carbocycles.